The quantitative estimate of drug-likeness (QED) is 0.292. The van der Waals surface area contributed by atoms with Gasteiger partial charge in [0, 0.05) is 5.69 Å². The molecule has 34 heavy (non-hydrogen) atoms. The number of carbonyl (C=O) groups excluding carboxylic acids is 1. The van der Waals surface area contributed by atoms with Crippen LogP contribution in [0.2, 0.25) is 5.02 Å². The van der Waals surface area contributed by atoms with Crippen molar-refractivity contribution in [1.82, 2.24) is 0 Å². The lowest BCUT2D eigenvalue weighted by Gasteiger charge is -2.15. The molecular formula is C27H24ClFN2O3. The van der Waals surface area contributed by atoms with E-state index in [-0.39, 0.29) is 10.6 Å². The van der Waals surface area contributed by atoms with Crippen LogP contribution in [0.4, 0.5) is 10.1 Å². The zero-order chi connectivity index (χ0) is 24.7. The van der Waals surface area contributed by atoms with Crippen molar-refractivity contribution in [3.63, 3.8) is 0 Å². The van der Waals surface area contributed by atoms with Crippen LogP contribution in [-0.4, -0.2) is 12.5 Å². The second kappa shape index (κ2) is 11.4. The number of benzene rings is 3. The van der Waals surface area contributed by atoms with Crippen LogP contribution in [0, 0.1) is 31.0 Å². The number of anilines is 1. The monoisotopic (exact) mass is 478 g/mol. The van der Waals surface area contributed by atoms with Gasteiger partial charge in [0.1, 0.15) is 24.1 Å². The summed E-state index contributed by atoms with van der Waals surface area (Å²) in [4.78, 5) is 12.5. The Morgan fingerprint density at radius 3 is 2.38 bits per heavy atom. The number of hydrogen-bond donors (Lipinski definition) is 1. The van der Waals surface area contributed by atoms with Crippen LogP contribution in [-0.2, 0) is 11.4 Å². The molecule has 7 heteroatoms. The molecule has 0 saturated carbocycles. The molecule has 3 aromatic carbocycles. The highest BCUT2D eigenvalue weighted by atomic mass is 35.5. The average Bonchev–Trinajstić information content (AvgIpc) is 2.78. The molecule has 5 nitrogen and oxygen atoms in total. The number of aryl methyl sites for hydroxylation is 2. The molecule has 0 aromatic heterocycles. The van der Waals surface area contributed by atoms with Crippen molar-refractivity contribution < 1.29 is 18.7 Å². The van der Waals surface area contributed by atoms with E-state index in [1.807, 2.05) is 39.0 Å². The molecule has 0 bridgehead atoms. The normalized spacial score (nSPS) is 11.0. The van der Waals surface area contributed by atoms with Crippen LogP contribution in [0.1, 0.15) is 29.2 Å². The maximum absolute atomic E-state index is 13.1. The molecule has 3 aromatic rings. The number of ether oxygens (including phenoxy) is 2. The number of hydrogen-bond acceptors (Lipinski definition) is 4. The second-order valence-corrected chi connectivity index (χ2v) is 8.09. The molecule has 1 N–H and O–H groups in total. The Balaban J connectivity index is 1.85. The van der Waals surface area contributed by atoms with E-state index in [0.717, 1.165) is 16.7 Å². The summed E-state index contributed by atoms with van der Waals surface area (Å²) in [6.07, 6.45) is 1.40. The van der Waals surface area contributed by atoms with Gasteiger partial charge in [-0.15, -0.1) is 0 Å². The van der Waals surface area contributed by atoms with E-state index >= 15 is 0 Å². The highest BCUT2D eigenvalue weighted by Gasteiger charge is 2.15. The van der Waals surface area contributed by atoms with E-state index in [1.54, 1.807) is 12.1 Å². The van der Waals surface area contributed by atoms with Gasteiger partial charge < -0.3 is 14.8 Å². The van der Waals surface area contributed by atoms with Crippen molar-refractivity contribution in [2.24, 2.45) is 0 Å². The van der Waals surface area contributed by atoms with Gasteiger partial charge in [0.2, 0.25) is 0 Å². The summed E-state index contributed by atoms with van der Waals surface area (Å²) in [6, 6.07) is 16.6. The molecular weight excluding hydrogens is 455 g/mol. The summed E-state index contributed by atoms with van der Waals surface area (Å²) >= 11 is 6.50. The standard InChI is InChI=1S/C27H24ClFN2O3/c1-4-33-25-14-19(12-21(15-30)27(32)31-23-7-5-22(29)6-8-23)13-24(28)26(25)34-16-20-10-17(2)9-18(3)11-20/h5-14H,4,16H2,1-3H3,(H,31,32)/b21-12+. The molecule has 174 valence electrons. The van der Waals surface area contributed by atoms with Crippen molar-refractivity contribution in [3.05, 3.63) is 93.3 Å². The molecule has 0 saturated heterocycles. The Morgan fingerprint density at radius 2 is 1.76 bits per heavy atom. The maximum atomic E-state index is 13.1. The number of rotatable bonds is 8. The van der Waals surface area contributed by atoms with E-state index < -0.39 is 11.7 Å². The third-order valence-electron chi connectivity index (χ3n) is 4.77. The molecule has 3 rings (SSSR count). The first-order valence-corrected chi connectivity index (χ1v) is 11.0. The summed E-state index contributed by atoms with van der Waals surface area (Å²) in [6.45, 7) is 6.56. The van der Waals surface area contributed by atoms with Gasteiger partial charge in [-0.05, 0) is 74.4 Å². The number of nitrogens with one attached hydrogen (secondary N) is 1. The van der Waals surface area contributed by atoms with Gasteiger partial charge in [-0.1, -0.05) is 40.9 Å². The maximum Gasteiger partial charge on any atom is 0.266 e. The third kappa shape index (κ3) is 6.60. The van der Waals surface area contributed by atoms with Crippen LogP contribution in [0.3, 0.4) is 0 Å². The zero-order valence-electron chi connectivity index (χ0n) is 19.1. The fourth-order valence-corrected chi connectivity index (χ4v) is 3.70. The van der Waals surface area contributed by atoms with Gasteiger partial charge in [-0.3, -0.25) is 4.79 Å². The van der Waals surface area contributed by atoms with E-state index in [4.69, 9.17) is 21.1 Å². The minimum atomic E-state index is -0.627. The number of nitrogens with zero attached hydrogens (tertiary/aromatic N) is 1. The third-order valence-corrected chi connectivity index (χ3v) is 5.06. The van der Waals surface area contributed by atoms with Gasteiger partial charge in [0.05, 0.1) is 11.6 Å². The molecule has 0 aliphatic rings. The van der Waals surface area contributed by atoms with Crippen LogP contribution >= 0.6 is 11.6 Å². The Kier molecular flexibility index (Phi) is 8.29. The predicted octanol–water partition coefficient (Wildman–Crippen LogP) is 6.62. The fraction of sp³-hybridized carbons (Fsp3) is 0.185. The smallest absolute Gasteiger partial charge is 0.266 e. The van der Waals surface area contributed by atoms with E-state index in [0.29, 0.717) is 36.0 Å². The first-order valence-electron chi connectivity index (χ1n) is 10.6. The topological polar surface area (TPSA) is 71.3 Å². The van der Waals surface area contributed by atoms with Crippen LogP contribution in [0.5, 0.6) is 11.5 Å². The molecule has 0 unspecified atom stereocenters. The lowest BCUT2D eigenvalue weighted by atomic mass is 10.1. The average molecular weight is 479 g/mol. The number of halogens is 2. The lowest BCUT2D eigenvalue weighted by Crippen LogP contribution is -2.13. The number of amides is 1. The summed E-state index contributed by atoms with van der Waals surface area (Å²) in [5.41, 5.74) is 4.00. The summed E-state index contributed by atoms with van der Waals surface area (Å²) in [5.74, 6) is -0.263. The predicted molar refractivity (Wildman–Crippen MR) is 131 cm³/mol. The second-order valence-electron chi connectivity index (χ2n) is 7.68. The molecule has 0 aliphatic heterocycles. The Bertz CT molecular complexity index is 1240. The molecule has 1 amide bonds. The van der Waals surface area contributed by atoms with Crippen molar-refractivity contribution >= 4 is 29.3 Å². The first kappa shape index (κ1) is 24.8. The Hall–Kier alpha value is -3.82. The molecule has 0 spiro atoms. The SMILES string of the molecule is CCOc1cc(/C=C(\C#N)C(=O)Nc2ccc(F)cc2)cc(Cl)c1OCc1cc(C)cc(C)c1. The highest BCUT2D eigenvalue weighted by Crippen LogP contribution is 2.38. The highest BCUT2D eigenvalue weighted by molar-refractivity contribution is 6.32. The van der Waals surface area contributed by atoms with E-state index in [9.17, 15) is 14.4 Å². The van der Waals surface area contributed by atoms with E-state index in [1.165, 1.54) is 30.3 Å². The molecule has 0 atom stereocenters. The summed E-state index contributed by atoms with van der Waals surface area (Å²) < 4.78 is 24.8. The van der Waals surface area contributed by atoms with Crippen LogP contribution < -0.4 is 14.8 Å². The van der Waals surface area contributed by atoms with Crippen molar-refractivity contribution in [2.75, 3.05) is 11.9 Å². The van der Waals surface area contributed by atoms with Crippen molar-refractivity contribution in [2.45, 2.75) is 27.4 Å². The summed E-state index contributed by atoms with van der Waals surface area (Å²) in [5, 5.41) is 12.4. The Labute approximate surface area is 203 Å². The van der Waals surface area contributed by atoms with Gasteiger partial charge in [0.15, 0.2) is 11.5 Å². The molecule has 0 aliphatic carbocycles. The molecule has 0 fully saturated rings. The van der Waals surface area contributed by atoms with E-state index in [2.05, 4.69) is 11.4 Å². The lowest BCUT2D eigenvalue weighted by molar-refractivity contribution is -0.112. The minimum Gasteiger partial charge on any atom is -0.490 e. The van der Waals surface area contributed by atoms with Crippen LogP contribution in [0.15, 0.2) is 60.2 Å². The van der Waals surface area contributed by atoms with Gasteiger partial charge in [-0.25, -0.2) is 4.39 Å². The molecule has 0 heterocycles. The molecule has 0 radical (unpaired) electrons. The van der Waals surface area contributed by atoms with Crippen molar-refractivity contribution in [1.29, 1.82) is 5.26 Å². The minimum absolute atomic E-state index is 0.147. The first-order chi connectivity index (χ1) is 16.3. The zero-order valence-corrected chi connectivity index (χ0v) is 19.9. The van der Waals surface area contributed by atoms with Gasteiger partial charge in [-0.2, -0.15) is 5.26 Å². The van der Waals surface area contributed by atoms with Crippen LogP contribution in [0.25, 0.3) is 6.08 Å². The fourth-order valence-electron chi connectivity index (χ4n) is 3.43. The summed E-state index contributed by atoms with van der Waals surface area (Å²) in [7, 11) is 0. The Morgan fingerprint density at radius 1 is 1.09 bits per heavy atom. The van der Waals surface area contributed by atoms with Crippen molar-refractivity contribution in [3.8, 4) is 17.6 Å². The number of carbonyl (C=O) groups is 1. The largest absolute Gasteiger partial charge is 0.490 e. The van der Waals surface area contributed by atoms with Gasteiger partial charge in [0.25, 0.3) is 5.91 Å². The number of nitriles is 1. The van der Waals surface area contributed by atoms with Gasteiger partial charge >= 0.3 is 0 Å².